The van der Waals surface area contributed by atoms with Crippen LogP contribution in [0.5, 0.6) is 0 Å². The molecule has 7 nitrogen and oxygen atoms in total. The molecule has 0 atom stereocenters. The van der Waals surface area contributed by atoms with Crippen LogP contribution in [-0.4, -0.2) is 31.5 Å². The Kier molecular flexibility index (Phi) is 2.63. The summed E-state index contributed by atoms with van der Waals surface area (Å²) in [5.41, 5.74) is 0.644. The van der Waals surface area contributed by atoms with Crippen molar-refractivity contribution in [2.24, 2.45) is 0 Å². The summed E-state index contributed by atoms with van der Waals surface area (Å²) in [5, 5.41) is 15.6. The number of carbonyl (C=O) groups is 1. The lowest BCUT2D eigenvalue weighted by Crippen LogP contribution is -2.15. The molecule has 0 unspecified atom stereocenters. The second kappa shape index (κ2) is 4.27. The summed E-state index contributed by atoms with van der Waals surface area (Å²) < 4.78 is 0. The third-order valence-electron chi connectivity index (χ3n) is 1.65. The number of nitrogens with one attached hydrogen (secondary N) is 2. The number of hydrogen-bond donors (Lipinski definition) is 2. The van der Waals surface area contributed by atoms with Crippen LogP contribution in [0.15, 0.2) is 24.5 Å². The van der Waals surface area contributed by atoms with Crippen molar-refractivity contribution in [3.8, 4) is 0 Å². The van der Waals surface area contributed by atoms with E-state index in [1.807, 2.05) is 0 Å². The molecule has 0 aliphatic heterocycles. The van der Waals surface area contributed by atoms with Crippen LogP contribution in [-0.2, 0) is 11.2 Å². The van der Waals surface area contributed by atoms with Gasteiger partial charge in [-0.2, -0.15) is 5.21 Å². The van der Waals surface area contributed by atoms with Crippen molar-refractivity contribution in [2.45, 2.75) is 6.42 Å². The topological polar surface area (TPSA) is 96.5 Å². The summed E-state index contributed by atoms with van der Waals surface area (Å²) in [4.78, 5) is 15.3. The monoisotopic (exact) mass is 204 g/mol. The maximum atomic E-state index is 11.4. The van der Waals surface area contributed by atoms with E-state index in [0.717, 1.165) is 0 Å². The van der Waals surface area contributed by atoms with Gasteiger partial charge < -0.3 is 5.32 Å². The van der Waals surface area contributed by atoms with Crippen molar-refractivity contribution in [3.05, 3.63) is 30.4 Å². The van der Waals surface area contributed by atoms with Crippen LogP contribution in [0.4, 0.5) is 5.69 Å². The van der Waals surface area contributed by atoms with Crippen molar-refractivity contribution >= 4 is 11.6 Å². The van der Waals surface area contributed by atoms with Gasteiger partial charge in [0.05, 0.1) is 18.3 Å². The van der Waals surface area contributed by atoms with Gasteiger partial charge >= 0.3 is 0 Å². The van der Waals surface area contributed by atoms with Gasteiger partial charge in [0.2, 0.25) is 5.91 Å². The van der Waals surface area contributed by atoms with Crippen molar-refractivity contribution in [2.75, 3.05) is 5.32 Å². The number of aromatic nitrogens is 5. The second-order valence-electron chi connectivity index (χ2n) is 2.79. The lowest BCUT2D eigenvalue weighted by molar-refractivity contribution is -0.115. The molecule has 2 N–H and O–H groups in total. The molecular formula is C8H8N6O. The van der Waals surface area contributed by atoms with E-state index in [-0.39, 0.29) is 12.3 Å². The standard InChI is InChI=1S/C8H8N6O/c15-8(4-7-11-13-14-12-7)10-6-2-1-3-9-5-6/h1-3,5H,4H2,(H,10,15)(H,11,12,13,14). The maximum Gasteiger partial charge on any atom is 0.232 e. The number of rotatable bonds is 3. The molecule has 15 heavy (non-hydrogen) atoms. The maximum absolute atomic E-state index is 11.4. The normalized spacial score (nSPS) is 9.87. The smallest absolute Gasteiger partial charge is 0.232 e. The third-order valence-corrected chi connectivity index (χ3v) is 1.65. The number of anilines is 1. The van der Waals surface area contributed by atoms with Gasteiger partial charge in [0.1, 0.15) is 0 Å². The van der Waals surface area contributed by atoms with Crippen LogP contribution in [0.25, 0.3) is 0 Å². The first kappa shape index (κ1) is 9.25. The zero-order valence-corrected chi connectivity index (χ0v) is 7.71. The quantitative estimate of drug-likeness (QED) is 0.720. The molecule has 0 saturated carbocycles. The Hall–Kier alpha value is -2.31. The molecule has 0 radical (unpaired) electrons. The molecule has 2 aromatic rings. The van der Waals surface area contributed by atoms with Gasteiger partial charge in [-0.3, -0.25) is 9.78 Å². The van der Waals surface area contributed by atoms with E-state index >= 15 is 0 Å². The molecule has 0 aromatic carbocycles. The first-order valence-corrected chi connectivity index (χ1v) is 4.27. The average Bonchev–Trinajstić information content (AvgIpc) is 2.71. The fraction of sp³-hybridized carbons (Fsp3) is 0.125. The molecule has 0 saturated heterocycles. The van der Waals surface area contributed by atoms with Crippen molar-refractivity contribution < 1.29 is 4.79 Å². The fourth-order valence-electron chi connectivity index (χ4n) is 1.04. The largest absolute Gasteiger partial charge is 0.324 e. The molecule has 7 heteroatoms. The lowest BCUT2D eigenvalue weighted by atomic mass is 10.3. The van der Waals surface area contributed by atoms with Crippen molar-refractivity contribution in [3.63, 3.8) is 0 Å². The Morgan fingerprint density at radius 1 is 1.53 bits per heavy atom. The van der Waals surface area contributed by atoms with E-state index in [9.17, 15) is 4.79 Å². The molecule has 1 amide bonds. The zero-order valence-electron chi connectivity index (χ0n) is 7.71. The van der Waals surface area contributed by atoms with E-state index in [2.05, 4.69) is 30.9 Å². The number of pyridine rings is 1. The van der Waals surface area contributed by atoms with Crippen LogP contribution >= 0.6 is 0 Å². The summed E-state index contributed by atoms with van der Waals surface area (Å²) >= 11 is 0. The van der Waals surface area contributed by atoms with Gasteiger partial charge in [-0.25, -0.2) is 0 Å². The van der Waals surface area contributed by atoms with E-state index in [4.69, 9.17) is 0 Å². The minimum Gasteiger partial charge on any atom is -0.324 e. The van der Waals surface area contributed by atoms with E-state index in [0.29, 0.717) is 11.5 Å². The summed E-state index contributed by atoms with van der Waals surface area (Å²) in [7, 11) is 0. The lowest BCUT2D eigenvalue weighted by Gasteiger charge is -2.01. The average molecular weight is 204 g/mol. The highest BCUT2D eigenvalue weighted by atomic mass is 16.1. The number of amides is 1. The van der Waals surface area contributed by atoms with Gasteiger partial charge in [-0.05, 0) is 12.1 Å². The van der Waals surface area contributed by atoms with Crippen molar-refractivity contribution in [1.29, 1.82) is 0 Å². The fourth-order valence-corrected chi connectivity index (χ4v) is 1.04. The molecule has 0 fully saturated rings. The Balaban J connectivity index is 1.94. The number of nitrogens with zero attached hydrogens (tertiary/aromatic N) is 4. The highest BCUT2D eigenvalue weighted by molar-refractivity contribution is 5.91. The van der Waals surface area contributed by atoms with E-state index < -0.39 is 0 Å². The minimum absolute atomic E-state index is 0.0887. The molecule has 0 aliphatic rings. The SMILES string of the molecule is O=C(Cc1nn[nH]n1)Nc1cccnc1. The molecule has 2 rings (SSSR count). The Morgan fingerprint density at radius 2 is 2.47 bits per heavy atom. The van der Waals surface area contributed by atoms with Crippen LogP contribution < -0.4 is 5.32 Å². The molecule has 0 bridgehead atoms. The molecule has 0 aliphatic carbocycles. The van der Waals surface area contributed by atoms with Gasteiger partial charge in [-0.15, -0.1) is 10.2 Å². The number of aromatic amines is 1. The first-order valence-electron chi connectivity index (χ1n) is 4.27. The van der Waals surface area contributed by atoms with Crippen LogP contribution in [0.1, 0.15) is 5.82 Å². The van der Waals surface area contributed by atoms with E-state index in [1.54, 1.807) is 24.5 Å². The third kappa shape index (κ3) is 2.56. The Labute approximate surface area is 84.9 Å². The molecule has 76 valence electrons. The van der Waals surface area contributed by atoms with Crippen LogP contribution in [0.2, 0.25) is 0 Å². The highest BCUT2D eigenvalue weighted by Gasteiger charge is 2.06. The number of tetrazole rings is 1. The predicted molar refractivity (Wildman–Crippen MR) is 50.7 cm³/mol. The van der Waals surface area contributed by atoms with Gasteiger partial charge in [0.25, 0.3) is 0 Å². The first-order chi connectivity index (χ1) is 7.34. The number of hydrogen-bond acceptors (Lipinski definition) is 5. The molecule has 2 aromatic heterocycles. The summed E-state index contributed by atoms with van der Waals surface area (Å²) in [6.07, 6.45) is 3.29. The predicted octanol–water partition coefficient (Wildman–Crippen LogP) is -0.224. The molecular weight excluding hydrogens is 196 g/mol. The molecule has 0 spiro atoms. The van der Waals surface area contributed by atoms with Gasteiger partial charge in [0, 0.05) is 6.20 Å². The van der Waals surface area contributed by atoms with Crippen molar-refractivity contribution in [1.82, 2.24) is 25.6 Å². The van der Waals surface area contributed by atoms with Gasteiger partial charge in [0.15, 0.2) is 5.82 Å². The van der Waals surface area contributed by atoms with Crippen LogP contribution in [0.3, 0.4) is 0 Å². The second-order valence-corrected chi connectivity index (χ2v) is 2.79. The number of H-pyrrole nitrogens is 1. The highest BCUT2D eigenvalue weighted by Crippen LogP contribution is 2.02. The summed E-state index contributed by atoms with van der Waals surface area (Å²) in [6.45, 7) is 0. The zero-order chi connectivity index (χ0) is 10.5. The summed E-state index contributed by atoms with van der Waals surface area (Å²) in [6, 6.07) is 3.49. The van der Waals surface area contributed by atoms with Crippen LogP contribution in [0, 0.1) is 0 Å². The summed E-state index contributed by atoms with van der Waals surface area (Å²) in [5.74, 6) is 0.154. The van der Waals surface area contributed by atoms with E-state index in [1.165, 1.54) is 0 Å². The molecule has 2 heterocycles. The van der Waals surface area contributed by atoms with Gasteiger partial charge in [-0.1, -0.05) is 5.21 Å². The Bertz CT molecular complexity index is 426. The number of carbonyl (C=O) groups excluding carboxylic acids is 1. The minimum atomic E-state index is -0.204. The Morgan fingerprint density at radius 3 is 3.13 bits per heavy atom.